The molecule has 0 fully saturated rings. The lowest BCUT2D eigenvalue weighted by molar-refractivity contribution is 0.487. The Balaban J connectivity index is 3.01. The van der Waals surface area contributed by atoms with Gasteiger partial charge in [-0.1, -0.05) is 37.6 Å². The van der Waals surface area contributed by atoms with Crippen LogP contribution in [-0.2, 0) is 5.41 Å². The van der Waals surface area contributed by atoms with Crippen LogP contribution in [0.25, 0.3) is 0 Å². The van der Waals surface area contributed by atoms with Crippen molar-refractivity contribution >= 4 is 11.6 Å². The summed E-state index contributed by atoms with van der Waals surface area (Å²) >= 11 is 6.09. The first kappa shape index (κ1) is 11.5. The summed E-state index contributed by atoms with van der Waals surface area (Å²) in [4.78, 5) is 0. The standard InChI is InChI=1S/C12H18ClN/c1-9-4-5-10(8-11(9)13)12(2,3)6-7-14/h4-5,8H,6-7,14H2,1-3H3. The Hall–Kier alpha value is -0.530. The van der Waals surface area contributed by atoms with Crippen molar-refractivity contribution in [2.24, 2.45) is 5.73 Å². The van der Waals surface area contributed by atoms with Crippen LogP contribution in [0.4, 0.5) is 0 Å². The molecule has 1 aromatic carbocycles. The van der Waals surface area contributed by atoms with Gasteiger partial charge in [-0.3, -0.25) is 0 Å². The smallest absolute Gasteiger partial charge is 0.0438 e. The Morgan fingerprint density at radius 1 is 1.36 bits per heavy atom. The van der Waals surface area contributed by atoms with Crippen molar-refractivity contribution in [2.75, 3.05) is 6.54 Å². The summed E-state index contributed by atoms with van der Waals surface area (Å²) in [5.41, 5.74) is 8.09. The molecule has 0 aliphatic carbocycles. The molecule has 0 bridgehead atoms. The Labute approximate surface area is 91.3 Å². The van der Waals surface area contributed by atoms with Gasteiger partial charge in [0.2, 0.25) is 0 Å². The lowest BCUT2D eigenvalue weighted by atomic mass is 9.81. The number of aryl methyl sites for hydroxylation is 1. The zero-order valence-electron chi connectivity index (χ0n) is 9.10. The first-order valence-electron chi connectivity index (χ1n) is 4.94. The second kappa shape index (κ2) is 4.33. The first-order chi connectivity index (χ1) is 6.47. The highest BCUT2D eigenvalue weighted by Gasteiger charge is 2.19. The van der Waals surface area contributed by atoms with Crippen molar-refractivity contribution < 1.29 is 0 Å². The van der Waals surface area contributed by atoms with Crippen LogP contribution in [0, 0.1) is 6.92 Å². The van der Waals surface area contributed by atoms with Gasteiger partial charge in [-0.05, 0) is 42.5 Å². The van der Waals surface area contributed by atoms with Crippen LogP contribution in [0.1, 0.15) is 31.4 Å². The summed E-state index contributed by atoms with van der Waals surface area (Å²) in [6.45, 7) is 7.11. The van der Waals surface area contributed by atoms with Crippen LogP contribution in [-0.4, -0.2) is 6.54 Å². The molecule has 0 unspecified atom stereocenters. The maximum Gasteiger partial charge on any atom is 0.0438 e. The highest BCUT2D eigenvalue weighted by atomic mass is 35.5. The highest BCUT2D eigenvalue weighted by molar-refractivity contribution is 6.31. The van der Waals surface area contributed by atoms with Gasteiger partial charge in [0.25, 0.3) is 0 Å². The van der Waals surface area contributed by atoms with Gasteiger partial charge >= 0.3 is 0 Å². The normalized spacial score (nSPS) is 11.8. The fourth-order valence-corrected chi connectivity index (χ4v) is 1.70. The molecule has 0 aliphatic heterocycles. The molecule has 0 saturated carbocycles. The van der Waals surface area contributed by atoms with E-state index in [9.17, 15) is 0 Å². The third-order valence-electron chi connectivity index (χ3n) is 2.72. The average molecular weight is 212 g/mol. The van der Waals surface area contributed by atoms with Crippen LogP contribution in [0.15, 0.2) is 18.2 Å². The number of hydrogen-bond acceptors (Lipinski definition) is 1. The Kier molecular flexibility index (Phi) is 3.57. The monoisotopic (exact) mass is 211 g/mol. The topological polar surface area (TPSA) is 26.0 Å². The van der Waals surface area contributed by atoms with E-state index in [2.05, 4.69) is 26.0 Å². The number of hydrogen-bond donors (Lipinski definition) is 1. The first-order valence-corrected chi connectivity index (χ1v) is 5.32. The van der Waals surface area contributed by atoms with Crippen LogP contribution < -0.4 is 5.73 Å². The summed E-state index contributed by atoms with van der Waals surface area (Å²) in [6.07, 6.45) is 0.979. The maximum atomic E-state index is 6.09. The molecule has 14 heavy (non-hydrogen) atoms. The van der Waals surface area contributed by atoms with Crippen LogP contribution in [0.5, 0.6) is 0 Å². The molecule has 0 amide bonds. The van der Waals surface area contributed by atoms with Crippen molar-refractivity contribution in [1.29, 1.82) is 0 Å². The third-order valence-corrected chi connectivity index (χ3v) is 3.13. The predicted octanol–water partition coefficient (Wildman–Crippen LogP) is 3.27. The molecule has 2 heteroatoms. The molecule has 0 radical (unpaired) electrons. The fraction of sp³-hybridized carbons (Fsp3) is 0.500. The Morgan fingerprint density at radius 2 is 2.00 bits per heavy atom. The van der Waals surface area contributed by atoms with Crippen LogP contribution in [0.2, 0.25) is 5.02 Å². The fourth-order valence-electron chi connectivity index (χ4n) is 1.52. The third kappa shape index (κ3) is 2.49. The number of benzene rings is 1. The summed E-state index contributed by atoms with van der Waals surface area (Å²) in [6, 6.07) is 6.25. The number of rotatable bonds is 3. The molecule has 78 valence electrons. The van der Waals surface area contributed by atoms with Gasteiger partial charge in [-0.25, -0.2) is 0 Å². The highest BCUT2D eigenvalue weighted by Crippen LogP contribution is 2.29. The van der Waals surface area contributed by atoms with E-state index in [1.165, 1.54) is 5.56 Å². The van der Waals surface area contributed by atoms with Gasteiger partial charge in [0.05, 0.1) is 0 Å². The Morgan fingerprint density at radius 3 is 2.50 bits per heavy atom. The lowest BCUT2D eigenvalue weighted by Crippen LogP contribution is -2.21. The molecule has 2 N–H and O–H groups in total. The van der Waals surface area contributed by atoms with Crippen molar-refractivity contribution in [2.45, 2.75) is 32.6 Å². The largest absolute Gasteiger partial charge is 0.330 e. The van der Waals surface area contributed by atoms with Gasteiger partial charge in [-0.2, -0.15) is 0 Å². The number of nitrogens with two attached hydrogens (primary N) is 1. The zero-order chi connectivity index (χ0) is 10.8. The molecule has 0 atom stereocenters. The van der Waals surface area contributed by atoms with E-state index >= 15 is 0 Å². The molecule has 0 heterocycles. The molecular weight excluding hydrogens is 194 g/mol. The lowest BCUT2D eigenvalue weighted by Gasteiger charge is -2.25. The van der Waals surface area contributed by atoms with E-state index in [0.29, 0.717) is 6.54 Å². The van der Waals surface area contributed by atoms with E-state index in [-0.39, 0.29) is 5.41 Å². The van der Waals surface area contributed by atoms with Gasteiger partial charge in [0.15, 0.2) is 0 Å². The van der Waals surface area contributed by atoms with Crippen LogP contribution >= 0.6 is 11.6 Å². The molecule has 0 aromatic heterocycles. The van der Waals surface area contributed by atoms with E-state index in [1.807, 2.05) is 13.0 Å². The van der Waals surface area contributed by atoms with Gasteiger partial charge < -0.3 is 5.73 Å². The summed E-state index contributed by atoms with van der Waals surface area (Å²) in [7, 11) is 0. The second-order valence-electron chi connectivity index (χ2n) is 4.39. The average Bonchev–Trinajstić information content (AvgIpc) is 2.09. The zero-order valence-corrected chi connectivity index (χ0v) is 9.86. The van der Waals surface area contributed by atoms with Gasteiger partial charge in [0.1, 0.15) is 0 Å². The minimum atomic E-state index is 0.117. The Bertz CT molecular complexity index is 318. The van der Waals surface area contributed by atoms with Crippen molar-refractivity contribution in [3.8, 4) is 0 Å². The molecular formula is C12H18ClN. The molecule has 0 aliphatic rings. The minimum absolute atomic E-state index is 0.117. The second-order valence-corrected chi connectivity index (χ2v) is 4.79. The minimum Gasteiger partial charge on any atom is -0.330 e. The van der Waals surface area contributed by atoms with E-state index in [1.54, 1.807) is 0 Å². The van der Waals surface area contributed by atoms with Crippen molar-refractivity contribution in [3.05, 3.63) is 34.3 Å². The predicted molar refractivity (Wildman–Crippen MR) is 62.9 cm³/mol. The summed E-state index contributed by atoms with van der Waals surface area (Å²) in [5.74, 6) is 0. The molecule has 1 rings (SSSR count). The summed E-state index contributed by atoms with van der Waals surface area (Å²) < 4.78 is 0. The van der Waals surface area contributed by atoms with E-state index in [0.717, 1.165) is 17.0 Å². The van der Waals surface area contributed by atoms with Crippen LogP contribution in [0.3, 0.4) is 0 Å². The van der Waals surface area contributed by atoms with E-state index in [4.69, 9.17) is 17.3 Å². The van der Waals surface area contributed by atoms with E-state index < -0.39 is 0 Å². The molecule has 1 nitrogen and oxygen atoms in total. The van der Waals surface area contributed by atoms with Crippen molar-refractivity contribution in [1.82, 2.24) is 0 Å². The summed E-state index contributed by atoms with van der Waals surface area (Å²) in [5, 5.41) is 0.840. The number of halogens is 1. The maximum absolute atomic E-state index is 6.09. The SMILES string of the molecule is Cc1ccc(C(C)(C)CCN)cc1Cl. The van der Waals surface area contributed by atoms with Gasteiger partial charge in [0, 0.05) is 5.02 Å². The quantitative estimate of drug-likeness (QED) is 0.816. The van der Waals surface area contributed by atoms with Gasteiger partial charge in [-0.15, -0.1) is 0 Å². The molecule has 0 spiro atoms. The molecule has 1 aromatic rings. The molecule has 0 saturated heterocycles. The van der Waals surface area contributed by atoms with Crippen molar-refractivity contribution in [3.63, 3.8) is 0 Å².